The fourth-order valence-corrected chi connectivity index (χ4v) is 2.23. The Morgan fingerprint density at radius 3 is 2.86 bits per heavy atom. The summed E-state index contributed by atoms with van der Waals surface area (Å²) < 4.78 is 5.52. The van der Waals surface area contributed by atoms with Gasteiger partial charge in [-0.1, -0.05) is 19.8 Å². The first-order valence-electron chi connectivity index (χ1n) is 7.75. The molecule has 1 saturated heterocycles. The molecule has 1 unspecified atom stereocenters. The standard InChI is InChI=1S/C15H24N4O2/c1-2-3-4-7-16-14(20)12-9-17-15(18-10-12)19-11-13-6-5-8-21-13/h9-10,13H,2-8,11H2,1H3,(H,16,20)(H,17,18,19). The molecule has 0 aliphatic carbocycles. The van der Waals surface area contributed by atoms with Gasteiger partial charge in [0.15, 0.2) is 0 Å². The average molecular weight is 292 g/mol. The van der Waals surface area contributed by atoms with Gasteiger partial charge in [-0.25, -0.2) is 9.97 Å². The molecule has 2 rings (SSSR count). The summed E-state index contributed by atoms with van der Waals surface area (Å²) in [5, 5.41) is 6.00. The number of carbonyl (C=O) groups is 1. The second kappa shape index (κ2) is 8.56. The molecule has 2 heterocycles. The molecule has 6 heteroatoms. The third-order valence-electron chi connectivity index (χ3n) is 3.49. The van der Waals surface area contributed by atoms with Gasteiger partial charge in [-0.05, 0) is 19.3 Å². The van der Waals surface area contributed by atoms with Crippen molar-refractivity contribution in [1.29, 1.82) is 0 Å². The highest BCUT2D eigenvalue weighted by molar-refractivity contribution is 5.93. The number of amides is 1. The molecule has 6 nitrogen and oxygen atoms in total. The summed E-state index contributed by atoms with van der Waals surface area (Å²) in [7, 11) is 0. The number of nitrogens with one attached hydrogen (secondary N) is 2. The summed E-state index contributed by atoms with van der Waals surface area (Å²) in [5.74, 6) is 0.421. The first-order valence-corrected chi connectivity index (χ1v) is 7.75. The molecule has 2 N–H and O–H groups in total. The minimum Gasteiger partial charge on any atom is -0.376 e. The van der Waals surface area contributed by atoms with Crippen LogP contribution in [-0.2, 0) is 4.74 Å². The van der Waals surface area contributed by atoms with Crippen LogP contribution in [0.1, 0.15) is 49.4 Å². The Kier molecular flexibility index (Phi) is 6.40. The van der Waals surface area contributed by atoms with Crippen molar-refractivity contribution in [3.05, 3.63) is 18.0 Å². The van der Waals surface area contributed by atoms with Crippen LogP contribution in [0.5, 0.6) is 0 Å². The molecule has 1 amide bonds. The molecule has 0 spiro atoms. The highest BCUT2D eigenvalue weighted by Crippen LogP contribution is 2.12. The van der Waals surface area contributed by atoms with Crippen molar-refractivity contribution in [2.24, 2.45) is 0 Å². The van der Waals surface area contributed by atoms with Crippen LogP contribution in [0.15, 0.2) is 12.4 Å². The van der Waals surface area contributed by atoms with E-state index in [-0.39, 0.29) is 12.0 Å². The zero-order valence-electron chi connectivity index (χ0n) is 12.6. The van der Waals surface area contributed by atoms with Crippen LogP contribution >= 0.6 is 0 Å². The van der Waals surface area contributed by atoms with E-state index < -0.39 is 0 Å². The van der Waals surface area contributed by atoms with Gasteiger partial charge in [-0.15, -0.1) is 0 Å². The fourth-order valence-electron chi connectivity index (χ4n) is 2.23. The minimum atomic E-state index is -0.114. The van der Waals surface area contributed by atoms with E-state index in [9.17, 15) is 4.79 Å². The number of ether oxygens (including phenoxy) is 1. The van der Waals surface area contributed by atoms with Crippen molar-refractivity contribution in [2.75, 3.05) is 25.0 Å². The number of unbranched alkanes of at least 4 members (excludes halogenated alkanes) is 2. The Bertz CT molecular complexity index is 430. The first kappa shape index (κ1) is 15.7. The molecular weight excluding hydrogens is 268 g/mol. The number of hydrogen-bond acceptors (Lipinski definition) is 5. The molecule has 21 heavy (non-hydrogen) atoms. The van der Waals surface area contributed by atoms with Gasteiger partial charge in [-0.2, -0.15) is 0 Å². The van der Waals surface area contributed by atoms with Gasteiger partial charge in [0.25, 0.3) is 5.91 Å². The zero-order chi connectivity index (χ0) is 14.9. The second-order valence-electron chi connectivity index (χ2n) is 5.27. The second-order valence-corrected chi connectivity index (χ2v) is 5.27. The molecule has 1 aromatic heterocycles. The first-order chi connectivity index (χ1) is 10.3. The number of anilines is 1. The largest absolute Gasteiger partial charge is 0.376 e. The summed E-state index contributed by atoms with van der Waals surface area (Å²) in [5.41, 5.74) is 0.495. The van der Waals surface area contributed by atoms with Crippen molar-refractivity contribution in [2.45, 2.75) is 45.1 Å². The van der Waals surface area contributed by atoms with E-state index in [0.29, 0.717) is 24.6 Å². The molecule has 1 aromatic rings. The number of nitrogens with zero attached hydrogens (tertiary/aromatic N) is 2. The van der Waals surface area contributed by atoms with Crippen molar-refractivity contribution < 1.29 is 9.53 Å². The summed E-state index contributed by atoms with van der Waals surface area (Å²) in [4.78, 5) is 20.2. The molecule has 1 aliphatic rings. The zero-order valence-corrected chi connectivity index (χ0v) is 12.6. The highest BCUT2D eigenvalue weighted by Gasteiger charge is 2.15. The molecule has 0 bridgehead atoms. The summed E-state index contributed by atoms with van der Waals surface area (Å²) in [6, 6.07) is 0. The quantitative estimate of drug-likeness (QED) is 0.717. The van der Waals surface area contributed by atoms with E-state index in [1.807, 2.05) is 0 Å². The molecule has 0 saturated carbocycles. The van der Waals surface area contributed by atoms with Crippen LogP contribution in [0.3, 0.4) is 0 Å². The number of carbonyl (C=O) groups excluding carboxylic acids is 1. The van der Waals surface area contributed by atoms with Crippen molar-refractivity contribution in [3.63, 3.8) is 0 Å². The summed E-state index contributed by atoms with van der Waals surface area (Å²) in [6.45, 7) is 4.39. The van der Waals surface area contributed by atoms with Crippen molar-refractivity contribution in [1.82, 2.24) is 15.3 Å². The van der Waals surface area contributed by atoms with E-state index in [4.69, 9.17) is 4.74 Å². The van der Waals surface area contributed by atoms with Gasteiger partial charge < -0.3 is 15.4 Å². The van der Waals surface area contributed by atoms with Gasteiger partial charge in [-0.3, -0.25) is 4.79 Å². The van der Waals surface area contributed by atoms with Crippen molar-refractivity contribution in [3.8, 4) is 0 Å². The lowest BCUT2D eigenvalue weighted by molar-refractivity contribution is 0.0952. The topological polar surface area (TPSA) is 76.1 Å². The normalized spacial score (nSPS) is 17.7. The third-order valence-corrected chi connectivity index (χ3v) is 3.49. The number of aromatic nitrogens is 2. The van der Waals surface area contributed by atoms with E-state index >= 15 is 0 Å². The Morgan fingerprint density at radius 1 is 1.38 bits per heavy atom. The highest BCUT2D eigenvalue weighted by atomic mass is 16.5. The van der Waals surface area contributed by atoms with Gasteiger partial charge in [0.2, 0.25) is 5.95 Å². The Balaban J connectivity index is 1.73. The fraction of sp³-hybridized carbons (Fsp3) is 0.667. The SMILES string of the molecule is CCCCCNC(=O)c1cnc(NCC2CCCO2)nc1. The maximum absolute atomic E-state index is 11.9. The summed E-state index contributed by atoms with van der Waals surface area (Å²) in [6.07, 6.45) is 8.82. The van der Waals surface area contributed by atoms with Crippen LogP contribution in [-0.4, -0.2) is 41.7 Å². The number of rotatable bonds is 8. The van der Waals surface area contributed by atoms with E-state index in [0.717, 1.165) is 38.7 Å². The number of hydrogen-bond donors (Lipinski definition) is 2. The van der Waals surface area contributed by atoms with E-state index in [2.05, 4.69) is 27.5 Å². The Labute approximate surface area is 125 Å². The molecule has 1 aliphatic heterocycles. The minimum absolute atomic E-state index is 0.114. The monoisotopic (exact) mass is 292 g/mol. The van der Waals surface area contributed by atoms with Crippen LogP contribution in [0.4, 0.5) is 5.95 Å². The van der Waals surface area contributed by atoms with Crippen LogP contribution in [0, 0.1) is 0 Å². The molecule has 1 fully saturated rings. The predicted molar refractivity (Wildman–Crippen MR) is 81.4 cm³/mol. The molecule has 116 valence electrons. The maximum Gasteiger partial charge on any atom is 0.254 e. The molecule has 0 aromatic carbocycles. The van der Waals surface area contributed by atoms with Gasteiger partial charge in [0.1, 0.15) is 0 Å². The lowest BCUT2D eigenvalue weighted by atomic mass is 10.2. The van der Waals surface area contributed by atoms with Crippen LogP contribution in [0.2, 0.25) is 0 Å². The Morgan fingerprint density at radius 2 is 2.19 bits per heavy atom. The smallest absolute Gasteiger partial charge is 0.254 e. The maximum atomic E-state index is 11.9. The summed E-state index contributed by atoms with van der Waals surface area (Å²) >= 11 is 0. The van der Waals surface area contributed by atoms with Gasteiger partial charge in [0.05, 0.1) is 11.7 Å². The molecular formula is C15H24N4O2. The van der Waals surface area contributed by atoms with Crippen LogP contribution in [0.25, 0.3) is 0 Å². The van der Waals surface area contributed by atoms with E-state index in [1.54, 1.807) is 12.4 Å². The van der Waals surface area contributed by atoms with Gasteiger partial charge in [0, 0.05) is 32.1 Å². The van der Waals surface area contributed by atoms with Gasteiger partial charge >= 0.3 is 0 Å². The lowest BCUT2D eigenvalue weighted by Gasteiger charge is -2.10. The van der Waals surface area contributed by atoms with Crippen LogP contribution < -0.4 is 10.6 Å². The molecule has 0 radical (unpaired) electrons. The van der Waals surface area contributed by atoms with E-state index in [1.165, 1.54) is 0 Å². The van der Waals surface area contributed by atoms with Crippen molar-refractivity contribution >= 4 is 11.9 Å². The molecule has 1 atom stereocenters. The third kappa shape index (κ3) is 5.30. The lowest BCUT2D eigenvalue weighted by Crippen LogP contribution is -2.25. The average Bonchev–Trinajstić information content (AvgIpc) is 3.03. The predicted octanol–water partition coefficient (Wildman–Crippen LogP) is 1.99. The Hall–Kier alpha value is -1.69.